The van der Waals surface area contributed by atoms with Gasteiger partial charge in [0.2, 0.25) is 0 Å². The molecule has 4 rings (SSSR count). The highest BCUT2D eigenvalue weighted by molar-refractivity contribution is 6.01. The number of phenolic OH excluding ortho intramolecular Hbond substituents is 2. The van der Waals surface area contributed by atoms with Gasteiger partial charge in [-0.25, -0.2) is 4.68 Å². The topological polar surface area (TPSA) is 88.2 Å². The summed E-state index contributed by atoms with van der Waals surface area (Å²) in [6.07, 6.45) is 2.23. The Labute approximate surface area is 174 Å². The molecule has 0 bridgehead atoms. The number of carbonyl (C=O) groups excluding carboxylic acids is 1. The van der Waals surface area contributed by atoms with Crippen molar-refractivity contribution in [3.8, 4) is 11.5 Å². The molecule has 0 amide bonds. The van der Waals surface area contributed by atoms with Crippen molar-refractivity contribution in [3.63, 3.8) is 0 Å². The molecule has 1 atom stereocenters. The lowest BCUT2D eigenvalue weighted by atomic mass is 9.87. The van der Waals surface area contributed by atoms with Gasteiger partial charge < -0.3 is 10.2 Å². The summed E-state index contributed by atoms with van der Waals surface area (Å²) in [6.45, 7) is 0.601. The first-order chi connectivity index (χ1) is 14.6. The van der Waals surface area contributed by atoms with Crippen molar-refractivity contribution in [1.82, 2.24) is 15.0 Å². The van der Waals surface area contributed by atoms with E-state index < -0.39 is 5.92 Å². The fourth-order valence-corrected chi connectivity index (χ4v) is 3.38. The molecule has 6 heteroatoms. The maximum atomic E-state index is 13.2. The Hall–Kier alpha value is -3.93. The smallest absolute Gasteiger partial charge is 0.170 e. The zero-order valence-electron chi connectivity index (χ0n) is 16.2. The highest BCUT2D eigenvalue weighted by atomic mass is 16.3. The highest BCUT2D eigenvalue weighted by Gasteiger charge is 2.24. The van der Waals surface area contributed by atoms with Crippen LogP contribution in [-0.2, 0) is 13.0 Å². The number of benzene rings is 3. The number of aromatic nitrogens is 3. The van der Waals surface area contributed by atoms with E-state index in [1.54, 1.807) is 41.1 Å². The van der Waals surface area contributed by atoms with Crippen LogP contribution in [-0.4, -0.2) is 31.0 Å². The van der Waals surface area contributed by atoms with Gasteiger partial charge in [-0.1, -0.05) is 47.7 Å². The first-order valence-electron chi connectivity index (χ1n) is 9.63. The molecule has 4 aromatic rings. The van der Waals surface area contributed by atoms with E-state index in [1.807, 2.05) is 36.5 Å². The SMILES string of the molecule is O=C(c1ccc(O)cc1)C(Cc1cn(Cc2ccccc2)nn1)c1ccc(O)cc1. The van der Waals surface area contributed by atoms with E-state index in [2.05, 4.69) is 10.3 Å². The molecule has 1 unspecified atom stereocenters. The van der Waals surface area contributed by atoms with Gasteiger partial charge in [-0.2, -0.15) is 0 Å². The number of phenols is 2. The monoisotopic (exact) mass is 399 g/mol. The van der Waals surface area contributed by atoms with Crippen molar-refractivity contribution >= 4 is 5.78 Å². The molecule has 0 aliphatic carbocycles. The summed E-state index contributed by atoms with van der Waals surface area (Å²) < 4.78 is 1.75. The molecular weight excluding hydrogens is 378 g/mol. The summed E-state index contributed by atoms with van der Waals surface area (Å²) in [6, 6.07) is 22.8. The van der Waals surface area contributed by atoms with Gasteiger partial charge in [0.25, 0.3) is 0 Å². The lowest BCUT2D eigenvalue weighted by Crippen LogP contribution is -2.16. The van der Waals surface area contributed by atoms with Crippen molar-refractivity contribution in [2.24, 2.45) is 0 Å². The summed E-state index contributed by atoms with van der Waals surface area (Å²) in [7, 11) is 0. The molecule has 0 aliphatic rings. The summed E-state index contributed by atoms with van der Waals surface area (Å²) in [5.74, 6) is -0.324. The van der Waals surface area contributed by atoms with Crippen LogP contribution in [0.15, 0.2) is 85.1 Å². The van der Waals surface area contributed by atoms with Crippen LogP contribution in [0, 0.1) is 0 Å². The van der Waals surface area contributed by atoms with Gasteiger partial charge in [-0.15, -0.1) is 5.10 Å². The van der Waals surface area contributed by atoms with Crippen LogP contribution in [0.25, 0.3) is 0 Å². The molecule has 1 heterocycles. The van der Waals surface area contributed by atoms with E-state index in [1.165, 1.54) is 12.1 Å². The van der Waals surface area contributed by atoms with Gasteiger partial charge in [-0.05, 0) is 47.5 Å². The van der Waals surface area contributed by atoms with E-state index in [9.17, 15) is 15.0 Å². The standard InChI is InChI=1S/C24H21N3O3/c28-21-10-6-18(7-11-21)23(24(30)19-8-12-22(29)13-9-19)14-20-16-27(26-25-20)15-17-4-2-1-3-5-17/h1-13,16,23,28-29H,14-15H2. The number of ketones is 1. The normalized spacial score (nSPS) is 11.9. The maximum Gasteiger partial charge on any atom is 0.170 e. The number of hydrogen-bond acceptors (Lipinski definition) is 5. The van der Waals surface area contributed by atoms with E-state index in [-0.39, 0.29) is 17.3 Å². The van der Waals surface area contributed by atoms with Gasteiger partial charge >= 0.3 is 0 Å². The van der Waals surface area contributed by atoms with E-state index in [4.69, 9.17) is 0 Å². The number of Topliss-reactive ketones (excluding diaryl/α,β-unsaturated/α-hetero) is 1. The van der Waals surface area contributed by atoms with Gasteiger partial charge in [-0.3, -0.25) is 4.79 Å². The molecule has 1 aromatic heterocycles. The molecular formula is C24H21N3O3. The zero-order chi connectivity index (χ0) is 20.9. The molecule has 30 heavy (non-hydrogen) atoms. The van der Waals surface area contributed by atoms with Crippen LogP contribution in [0.5, 0.6) is 11.5 Å². The number of rotatable bonds is 7. The Kier molecular flexibility index (Phi) is 5.57. The van der Waals surface area contributed by atoms with Crippen molar-refractivity contribution < 1.29 is 15.0 Å². The largest absolute Gasteiger partial charge is 0.508 e. The first-order valence-corrected chi connectivity index (χ1v) is 9.63. The molecule has 0 spiro atoms. The maximum absolute atomic E-state index is 13.2. The van der Waals surface area contributed by atoms with Crippen LogP contribution >= 0.6 is 0 Å². The first kappa shape index (κ1) is 19.4. The lowest BCUT2D eigenvalue weighted by molar-refractivity contribution is 0.0958. The number of nitrogens with zero attached hydrogens (tertiary/aromatic N) is 3. The molecule has 0 saturated heterocycles. The Morgan fingerprint density at radius 3 is 2.17 bits per heavy atom. The number of carbonyl (C=O) groups is 1. The molecule has 2 N–H and O–H groups in total. The van der Waals surface area contributed by atoms with Crippen LogP contribution in [0.3, 0.4) is 0 Å². The molecule has 0 saturated carbocycles. The third-order valence-electron chi connectivity index (χ3n) is 4.95. The fourth-order valence-electron chi connectivity index (χ4n) is 3.38. The van der Waals surface area contributed by atoms with Crippen LogP contribution in [0.4, 0.5) is 0 Å². The average molecular weight is 399 g/mol. The predicted molar refractivity (Wildman–Crippen MR) is 113 cm³/mol. The molecule has 6 nitrogen and oxygen atoms in total. The Morgan fingerprint density at radius 1 is 0.867 bits per heavy atom. The Bertz CT molecular complexity index is 1120. The average Bonchev–Trinajstić information content (AvgIpc) is 3.20. The molecule has 0 radical (unpaired) electrons. The van der Waals surface area contributed by atoms with Crippen molar-refractivity contribution in [2.75, 3.05) is 0 Å². The molecule has 3 aromatic carbocycles. The van der Waals surface area contributed by atoms with Crippen molar-refractivity contribution in [3.05, 3.63) is 107 Å². The summed E-state index contributed by atoms with van der Waals surface area (Å²) in [5, 5.41) is 27.6. The third-order valence-corrected chi connectivity index (χ3v) is 4.95. The molecule has 150 valence electrons. The third kappa shape index (κ3) is 4.55. The highest BCUT2D eigenvalue weighted by Crippen LogP contribution is 2.27. The number of aromatic hydroxyl groups is 2. The summed E-state index contributed by atoms with van der Waals surface area (Å²) in [5.41, 5.74) is 3.10. The van der Waals surface area contributed by atoms with Crippen LogP contribution in [0.1, 0.15) is 33.1 Å². The van der Waals surface area contributed by atoms with Gasteiger partial charge in [0.05, 0.1) is 18.2 Å². The zero-order valence-corrected chi connectivity index (χ0v) is 16.2. The second-order valence-corrected chi connectivity index (χ2v) is 7.15. The second-order valence-electron chi connectivity index (χ2n) is 7.15. The van der Waals surface area contributed by atoms with Crippen LogP contribution < -0.4 is 0 Å². The Morgan fingerprint density at radius 2 is 1.50 bits per heavy atom. The fraction of sp³-hybridized carbons (Fsp3) is 0.125. The van der Waals surface area contributed by atoms with Gasteiger partial charge in [0.1, 0.15) is 11.5 Å². The van der Waals surface area contributed by atoms with E-state index in [0.29, 0.717) is 24.2 Å². The molecule has 0 aliphatic heterocycles. The Balaban J connectivity index is 1.59. The minimum absolute atomic E-state index is 0.0849. The summed E-state index contributed by atoms with van der Waals surface area (Å²) in [4.78, 5) is 13.2. The minimum Gasteiger partial charge on any atom is -0.508 e. The van der Waals surface area contributed by atoms with Crippen molar-refractivity contribution in [1.29, 1.82) is 0 Å². The van der Waals surface area contributed by atoms with Gasteiger partial charge in [0, 0.05) is 18.2 Å². The number of hydrogen-bond donors (Lipinski definition) is 2. The van der Waals surface area contributed by atoms with Crippen LogP contribution in [0.2, 0.25) is 0 Å². The van der Waals surface area contributed by atoms with Gasteiger partial charge in [0.15, 0.2) is 5.78 Å². The van der Waals surface area contributed by atoms with E-state index >= 15 is 0 Å². The predicted octanol–water partition coefficient (Wildman–Crippen LogP) is 3.95. The summed E-state index contributed by atoms with van der Waals surface area (Å²) >= 11 is 0. The minimum atomic E-state index is -0.489. The van der Waals surface area contributed by atoms with E-state index in [0.717, 1.165) is 11.1 Å². The quantitative estimate of drug-likeness (QED) is 0.460. The van der Waals surface area contributed by atoms with Crippen molar-refractivity contribution in [2.45, 2.75) is 18.9 Å². The lowest BCUT2D eigenvalue weighted by Gasteiger charge is -2.15. The molecule has 0 fully saturated rings. The second kappa shape index (κ2) is 8.61.